The van der Waals surface area contributed by atoms with E-state index in [2.05, 4.69) is 23.3 Å². The molecule has 0 aliphatic heterocycles. The van der Waals surface area contributed by atoms with Gasteiger partial charge in [0.05, 0.1) is 30.5 Å². The maximum absolute atomic E-state index is 12.8. The molecular formula is C28H31N3O3. The topological polar surface area (TPSA) is 79.4 Å². The first kappa shape index (κ1) is 23.7. The van der Waals surface area contributed by atoms with Gasteiger partial charge in [-0.3, -0.25) is 0 Å². The van der Waals surface area contributed by atoms with E-state index in [0.29, 0.717) is 24.4 Å². The second kappa shape index (κ2) is 10.2. The fraction of sp³-hybridized carbons (Fsp3) is 0.286. The Morgan fingerprint density at radius 3 is 2.41 bits per heavy atom. The molecule has 0 spiro atoms. The van der Waals surface area contributed by atoms with E-state index in [0.717, 1.165) is 28.5 Å². The highest BCUT2D eigenvalue weighted by Gasteiger charge is 2.25. The molecule has 0 aliphatic rings. The first-order valence-corrected chi connectivity index (χ1v) is 11.5. The lowest BCUT2D eigenvalue weighted by molar-refractivity contribution is 0.0522. The van der Waals surface area contributed by atoms with Crippen molar-refractivity contribution in [3.63, 3.8) is 0 Å². The minimum Gasteiger partial charge on any atom is -0.442 e. The van der Waals surface area contributed by atoms with E-state index in [-0.39, 0.29) is 0 Å². The SMILES string of the molecule is CC(C)(C)OC(=O)n1nc(C(N)c2ccccc2CCOCc2ccccc2)c2ccccc21. The molecular weight excluding hydrogens is 426 g/mol. The Bertz CT molecular complexity index is 1260. The molecule has 2 N–H and O–H groups in total. The maximum atomic E-state index is 12.8. The van der Waals surface area contributed by atoms with Crippen LogP contribution in [-0.4, -0.2) is 28.1 Å². The normalized spacial score (nSPS) is 12.6. The van der Waals surface area contributed by atoms with Crippen molar-refractivity contribution in [2.45, 2.75) is 45.4 Å². The minimum atomic E-state index is -0.626. The Balaban J connectivity index is 1.57. The van der Waals surface area contributed by atoms with Gasteiger partial charge in [0, 0.05) is 5.39 Å². The molecule has 0 aliphatic carbocycles. The van der Waals surface area contributed by atoms with E-state index in [1.165, 1.54) is 4.68 Å². The third kappa shape index (κ3) is 5.53. The van der Waals surface area contributed by atoms with Gasteiger partial charge < -0.3 is 15.2 Å². The first-order valence-electron chi connectivity index (χ1n) is 11.5. The predicted octanol–water partition coefficient (Wildman–Crippen LogP) is 5.63. The fourth-order valence-corrected chi connectivity index (χ4v) is 3.92. The van der Waals surface area contributed by atoms with Crippen LogP contribution in [0.25, 0.3) is 10.9 Å². The fourth-order valence-electron chi connectivity index (χ4n) is 3.92. The molecule has 0 saturated carbocycles. The van der Waals surface area contributed by atoms with E-state index >= 15 is 0 Å². The molecule has 0 amide bonds. The van der Waals surface area contributed by atoms with Gasteiger partial charge in [-0.1, -0.05) is 72.8 Å². The van der Waals surface area contributed by atoms with Gasteiger partial charge in [-0.05, 0) is 49.9 Å². The zero-order valence-corrected chi connectivity index (χ0v) is 19.9. The lowest BCUT2D eigenvalue weighted by Gasteiger charge is -2.19. The van der Waals surface area contributed by atoms with Crippen molar-refractivity contribution in [2.75, 3.05) is 6.61 Å². The number of ether oxygens (including phenoxy) is 2. The number of nitrogens with zero attached hydrogens (tertiary/aromatic N) is 2. The quantitative estimate of drug-likeness (QED) is 0.364. The Hall–Kier alpha value is -3.48. The molecule has 1 atom stereocenters. The smallest absolute Gasteiger partial charge is 0.435 e. The van der Waals surface area contributed by atoms with Crippen LogP contribution in [-0.2, 0) is 22.5 Å². The highest BCUT2D eigenvalue weighted by Crippen LogP contribution is 2.29. The Morgan fingerprint density at radius 2 is 1.65 bits per heavy atom. The molecule has 176 valence electrons. The van der Waals surface area contributed by atoms with Crippen molar-refractivity contribution < 1.29 is 14.3 Å². The predicted molar refractivity (Wildman–Crippen MR) is 134 cm³/mol. The summed E-state index contributed by atoms with van der Waals surface area (Å²) in [6, 6.07) is 25.2. The van der Waals surface area contributed by atoms with Gasteiger partial charge in [-0.25, -0.2) is 4.79 Å². The lowest BCUT2D eigenvalue weighted by atomic mass is 9.95. The third-order valence-electron chi connectivity index (χ3n) is 5.49. The molecule has 4 rings (SSSR count). The van der Waals surface area contributed by atoms with Crippen LogP contribution in [0.15, 0.2) is 78.9 Å². The van der Waals surface area contributed by atoms with Gasteiger partial charge in [0.1, 0.15) is 5.60 Å². The number of benzene rings is 3. The molecule has 6 heteroatoms. The van der Waals surface area contributed by atoms with Crippen molar-refractivity contribution in [2.24, 2.45) is 5.73 Å². The number of fused-ring (bicyclic) bond motifs is 1. The number of aromatic nitrogens is 2. The van der Waals surface area contributed by atoms with Crippen LogP contribution < -0.4 is 5.73 Å². The summed E-state index contributed by atoms with van der Waals surface area (Å²) in [6.45, 7) is 6.64. The number of carbonyl (C=O) groups is 1. The van der Waals surface area contributed by atoms with E-state index in [4.69, 9.17) is 15.2 Å². The summed E-state index contributed by atoms with van der Waals surface area (Å²) in [5.74, 6) is 0. The number of hydrogen-bond acceptors (Lipinski definition) is 5. The van der Waals surface area contributed by atoms with E-state index < -0.39 is 17.7 Å². The minimum absolute atomic E-state index is 0.501. The second-order valence-electron chi connectivity index (χ2n) is 9.26. The molecule has 3 aromatic carbocycles. The highest BCUT2D eigenvalue weighted by molar-refractivity contribution is 5.90. The van der Waals surface area contributed by atoms with E-state index in [1.54, 1.807) is 0 Å². The van der Waals surface area contributed by atoms with Gasteiger partial charge in [-0.15, -0.1) is 0 Å². The van der Waals surface area contributed by atoms with Gasteiger partial charge >= 0.3 is 6.09 Å². The van der Waals surface area contributed by atoms with Crippen molar-refractivity contribution >= 4 is 17.0 Å². The summed E-state index contributed by atoms with van der Waals surface area (Å²) in [7, 11) is 0. The number of rotatable bonds is 7. The lowest BCUT2D eigenvalue weighted by Crippen LogP contribution is -2.28. The van der Waals surface area contributed by atoms with Gasteiger partial charge in [-0.2, -0.15) is 9.78 Å². The zero-order chi connectivity index (χ0) is 24.1. The Labute approximate surface area is 200 Å². The molecule has 34 heavy (non-hydrogen) atoms. The first-order chi connectivity index (χ1) is 16.3. The average molecular weight is 458 g/mol. The summed E-state index contributed by atoms with van der Waals surface area (Å²) in [5.41, 5.74) is 10.6. The van der Waals surface area contributed by atoms with Crippen molar-refractivity contribution in [3.8, 4) is 0 Å². The molecule has 1 unspecified atom stereocenters. The van der Waals surface area contributed by atoms with Crippen LogP contribution in [0.2, 0.25) is 0 Å². The Kier molecular flexibility index (Phi) is 7.10. The van der Waals surface area contributed by atoms with Crippen molar-refractivity contribution in [1.29, 1.82) is 0 Å². The second-order valence-corrected chi connectivity index (χ2v) is 9.26. The summed E-state index contributed by atoms with van der Waals surface area (Å²) in [6.07, 6.45) is 0.200. The summed E-state index contributed by atoms with van der Waals surface area (Å²) in [5, 5.41) is 5.44. The molecule has 0 bridgehead atoms. The van der Waals surface area contributed by atoms with Gasteiger partial charge in [0.15, 0.2) is 0 Å². The summed E-state index contributed by atoms with van der Waals surface area (Å²) < 4.78 is 12.8. The summed E-state index contributed by atoms with van der Waals surface area (Å²) >= 11 is 0. The standard InChI is InChI=1S/C28H31N3O3/c1-28(2,3)34-27(32)31-24-16-10-9-15-23(24)26(30-31)25(29)22-14-8-7-13-21(22)17-18-33-19-20-11-5-4-6-12-20/h4-16,25H,17-19,29H2,1-3H3. The monoisotopic (exact) mass is 457 g/mol. The molecule has 1 heterocycles. The van der Waals surface area contributed by atoms with E-state index in [9.17, 15) is 4.79 Å². The van der Waals surface area contributed by atoms with Crippen LogP contribution in [0.1, 0.15) is 49.2 Å². The molecule has 6 nitrogen and oxygen atoms in total. The average Bonchev–Trinajstić information content (AvgIpc) is 3.21. The largest absolute Gasteiger partial charge is 0.442 e. The maximum Gasteiger partial charge on any atom is 0.435 e. The summed E-state index contributed by atoms with van der Waals surface area (Å²) in [4.78, 5) is 12.8. The number of para-hydroxylation sites is 1. The number of carbonyl (C=O) groups excluding carboxylic acids is 1. The van der Waals surface area contributed by atoms with Crippen LogP contribution in [0.5, 0.6) is 0 Å². The number of nitrogens with two attached hydrogens (primary N) is 1. The van der Waals surface area contributed by atoms with Crippen LogP contribution in [0.3, 0.4) is 0 Å². The van der Waals surface area contributed by atoms with Gasteiger partial charge in [0.2, 0.25) is 0 Å². The molecule has 0 saturated heterocycles. The molecule has 0 radical (unpaired) electrons. The van der Waals surface area contributed by atoms with E-state index in [1.807, 2.05) is 81.4 Å². The van der Waals surface area contributed by atoms with Crippen LogP contribution >= 0.6 is 0 Å². The van der Waals surface area contributed by atoms with Crippen LogP contribution in [0, 0.1) is 0 Å². The highest BCUT2D eigenvalue weighted by atomic mass is 16.6. The molecule has 4 aromatic rings. The van der Waals surface area contributed by atoms with Crippen LogP contribution in [0.4, 0.5) is 4.79 Å². The number of hydrogen-bond donors (Lipinski definition) is 1. The Morgan fingerprint density at radius 1 is 0.971 bits per heavy atom. The molecule has 0 fully saturated rings. The van der Waals surface area contributed by atoms with Crippen molar-refractivity contribution in [3.05, 3.63) is 101 Å². The third-order valence-corrected chi connectivity index (χ3v) is 5.49. The molecule has 1 aromatic heterocycles. The van der Waals surface area contributed by atoms with Gasteiger partial charge in [0.25, 0.3) is 0 Å². The zero-order valence-electron chi connectivity index (χ0n) is 19.9. The van der Waals surface area contributed by atoms with Crippen molar-refractivity contribution in [1.82, 2.24) is 9.78 Å².